The van der Waals surface area contributed by atoms with Crippen molar-refractivity contribution in [2.45, 2.75) is 63.7 Å². The second kappa shape index (κ2) is 6.37. The van der Waals surface area contributed by atoms with Gasteiger partial charge < -0.3 is 10.1 Å². The molecule has 2 atom stereocenters. The van der Waals surface area contributed by atoms with E-state index in [1.54, 1.807) is 7.11 Å². The molecule has 0 amide bonds. The number of nitrogens with one attached hydrogen (secondary N) is 1. The third-order valence-electron chi connectivity index (χ3n) is 5.29. The molecule has 2 aliphatic rings. The Bertz CT molecular complexity index is 476. The van der Waals surface area contributed by atoms with E-state index in [4.69, 9.17) is 4.74 Å². The lowest BCUT2D eigenvalue weighted by atomic mass is 9.97. The summed E-state index contributed by atoms with van der Waals surface area (Å²) in [6.07, 6.45) is 6.43. The van der Waals surface area contributed by atoms with Crippen molar-refractivity contribution in [2.24, 2.45) is 0 Å². The molecule has 2 bridgehead atoms. The quantitative estimate of drug-likeness (QED) is 0.901. The van der Waals surface area contributed by atoms with Gasteiger partial charge in [-0.2, -0.15) is 0 Å². The number of nitrogens with zero attached hydrogens (tertiary/aromatic N) is 1. The summed E-state index contributed by atoms with van der Waals surface area (Å²) in [5, 5.41) is 3.73. The summed E-state index contributed by atoms with van der Waals surface area (Å²) in [7, 11) is 4.03. The van der Waals surface area contributed by atoms with Crippen LogP contribution in [-0.2, 0) is 13.0 Å². The smallest absolute Gasteiger partial charge is 0.119 e. The van der Waals surface area contributed by atoms with E-state index < -0.39 is 0 Å². The molecule has 1 N–H and O–H groups in total. The maximum atomic E-state index is 5.35. The molecule has 21 heavy (non-hydrogen) atoms. The zero-order valence-corrected chi connectivity index (χ0v) is 13.6. The molecule has 1 aromatic carbocycles. The highest BCUT2D eigenvalue weighted by Gasteiger charge is 2.35. The van der Waals surface area contributed by atoms with Gasteiger partial charge >= 0.3 is 0 Å². The molecule has 0 radical (unpaired) electrons. The molecule has 3 nitrogen and oxygen atoms in total. The van der Waals surface area contributed by atoms with Crippen molar-refractivity contribution < 1.29 is 4.74 Å². The van der Waals surface area contributed by atoms with Crippen LogP contribution in [0.4, 0.5) is 0 Å². The number of fused-ring (bicyclic) bond motifs is 2. The van der Waals surface area contributed by atoms with E-state index in [2.05, 4.69) is 42.4 Å². The lowest BCUT2D eigenvalue weighted by Gasteiger charge is -2.36. The molecule has 116 valence electrons. The van der Waals surface area contributed by atoms with Crippen LogP contribution in [0.5, 0.6) is 5.75 Å². The lowest BCUT2D eigenvalue weighted by molar-refractivity contribution is 0.165. The summed E-state index contributed by atoms with van der Waals surface area (Å²) < 4.78 is 5.35. The Morgan fingerprint density at radius 2 is 1.90 bits per heavy atom. The number of piperidine rings is 1. The maximum absolute atomic E-state index is 5.35. The number of hydrogen-bond acceptors (Lipinski definition) is 3. The molecule has 3 rings (SSSR count). The maximum Gasteiger partial charge on any atom is 0.119 e. The van der Waals surface area contributed by atoms with Crippen LogP contribution in [0.1, 0.15) is 43.7 Å². The van der Waals surface area contributed by atoms with Crippen molar-refractivity contribution in [2.75, 3.05) is 14.2 Å². The first-order valence-electron chi connectivity index (χ1n) is 8.31. The van der Waals surface area contributed by atoms with Crippen LogP contribution in [0, 0.1) is 0 Å². The minimum absolute atomic E-state index is 0.732. The number of benzene rings is 1. The Morgan fingerprint density at radius 3 is 2.52 bits per heavy atom. The second-order valence-corrected chi connectivity index (χ2v) is 6.67. The van der Waals surface area contributed by atoms with E-state index in [0.29, 0.717) is 0 Å². The van der Waals surface area contributed by atoms with Crippen LogP contribution in [0.3, 0.4) is 0 Å². The van der Waals surface area contributed by atoms with Gasteiger partial charge in [-0.05, 0) is 62.4 Å². The monoisotopic (exact) mass is 288 g/mol. The number of methoxy groups -OCH3 is 1. The van der Waals surface area contributed by atoms with Crippen LogP contribution in [-0.4, -0.2) is 37.2 Å². The fraction of sp³-hybridized carbons (Fsp3) is 0.667. The summed E-state index contributed by atoms with van der Waals surface area (Å²) in [5.74, 6) is 0.971. The van der Waals surface area contributed by atoms with Gasteiger partial charge in [-0.15, -0.1) is 0 Å². The molecule has 0 aromatic heterocycles. The topological polar surface area (TPSA) is 24.5 Å². The highest BCUT2D eigenvalue weighted by Crippen LogP contribution is 2.30. The summed E-state index contributed by atoms with van der Waals surface area (Å²) in [4.78, 5) is 2.56. The summed E-state index contributed by atoms with van der Waals surface area (Å²) in [5.41, 5.74) is 2.87. The van der Waals surface area contributed by atoms with Crippen LogP contribution in [0.25, 0.3) is 0 Å². The Kier molecular flexibility index (Phi) is 4.51. The predicted molar refractivity (Wildman–Crippen MR) is 86.8 cm³/mol. The molecule has 2 heterocycles. The van der Waals surface area contributed by atoms with E-state index in [9.17, 15) is 0 Å². The molecule has 0 saturated carbocycles. The third kappa shape index (κ3) is 3.24. The van der Waals surface area contributed by atoms with Gasteiger partial charge in [0.25, 0.3) is 0 Å². The van der Waals surface area contributed by atoms with Crippen molar-refractivity contribution in [3.05, 3.63) is 29.3 Å². The van der Waals surface area contributed by atoms with Gasteiger partial charge in [-0.3, -0.25) is 4.90 Å². The SMILES string of the molecule is CCc1cc(OC)ccc1CN(C)C1CC2CCC(C1)N2. The van der Waals surface area contributed by atoms with Gasteiger partial charge in [0.15, 0.2) is 0 Å². The zero-order chi connectivity index (χ0) is 14.8. The van der Waals surface area contributed by atoms with Crippen LogP contribution in [0.2, 0.25) is 0 Å². The third-order valence-corrected chi connectivity index (χ3v) is 5.29. The van der Waals surface area contributed by atoms with Gasteiger partial charge in [0.1, 0.15) is 5.75 Å². The minimum Gasteiger partial charge on any atom is -0.497 e. The molecule has 2 unspecified atom stereocenters. The van der Waals surface area contributed by atoms with Crippen molar-refractivity contribution in [3.8, 4) is 5.75 Å². The number of ether oxygens (including phenoxy) is 1. The molecule has 2 aliphatic heterocycles. The fourth-order valence-corrected chi connectivity index (χ4v) is 4.00. The van der Waals surface area contributed by atoms with Gasteiger partial charge in [-0.25, -0.2) is 0 Å². The molecule has 2 saturated heterocycles. The van der Waals surface area contributed by atoms with Crippen molar-refractivity contribution in [1.82, 2.24) is 10.2 Å². The molecular weight excluding hydrogens is 260 g/mol. The van der Waals surface area contributed by atoms with Crippen LogP contribution in [0.15, 0.2) is 18.2 Å². The van der Waals surface area contributed by atoms with Gasteiger partial charge in [-0.1, -0.05) is 13.0 Å². The van der Waals surface area contributed by atoms with Gasteiger partial charge in [0.2, 0.25) is 0 Å². The molecule has 1 aromatic rings. The van der Waals surface area contributed by atoms with Gasteiger partial charge in [0, 0.05) is 24.7 Å². The normalized spacial score (nSPS) is 28.1. The van der Waals surface area contributed by atoms with E-state index in [0.717, 1.165) is 36.8 Å². The number of rotatable bonds is 5. The van der Waals surface area contributed by atoms with Gasteiger partial charge in [0.05, 0.1) is 7.11 Å². The Labute approximate surface area is 128 Å². The average Bonchev–Trinajstić information content (AvgIpc) is 2.85. The van der Waals surface area contributed by atoms with E-state index >= 15 is 0 Å². The fourth-order valence-electron chi connectivity index (χ4n) is 4.00. The van der Waals surface area contributed by atoms with Crippen molar-refractivity contribution in [1.29, 1.82) is 0 Å². The molecule has 0 spiro atoms. The predicted octanol–water partition coefficient (Wildman–Crippen LogP) is 2.97. The highest BCUT2D eigenvalue weighted by atomic mass is 16.5. The average molecular weight is 288 g/mol. The summed E-state index contributed by atoms with van der Waals surface area (Å²) in [6, 6.07) is 8.78. The first-order chi connectivity index (χ1) is 10.2. The summed E-state index contributed by atoms with van der Waals surface area (Å²) in [6.45, 7) is 3.28. The standard InChI is InChI=1S/C18H28N2O/c1-4-13-9-18(21-3)8-5-14(13)12-20(2)17-10-15-6-7-16(11-17)19-15/h5,8-9,15-17,19H,4,6-7,10-12H2,1-3H3. The number of hydrogen-bond donors (Lipinski definition) is 1. The molecule has 3 heteroatoms. The van der Waals surface area contributed by atoms with E-state index in [1.807, 2.05) is 0 Å². The molecule has 0 aliphatic carbocycles. The largest absolute Gasteiger partial charge is 0.497 e. The number of aryl methyl sites for hydroxylation is 1. The van der Waals surface area contributed by atoms with Crippen LogP contribution < -0.4 is 10.1 Å². The first-order valence-corrected chi connectivity index (χ1v) is 8.31. The molecular formula is C18H28N2O. The van der Waals surface area contributed by atoms with E-state index in [-0.39, 0.29) is 0 Å². The zero-order valence-electron chi connectivity index (χ0n) is 13.6. The Hall–Kier alpha value is -1.06. The van der Waals surface area contributed by atoms with Crippen LogP contribution >= 0.6 is 0 Å². The minimum atomic E-state index is 0.732. The second-order valence-electron chi connectivity index (χ2n) is 6.67. The lowest BCUT2D eigenvalue weighted by Crippen LogP contribution is -2.46. The van der Waals surface area contributed by atoms with Crippen molar-refractivity contribution >= 4 is 0 Å². The highest BCUT2D eigenvalue weighted by molar-refractivity contribution is 5.35. The van der Waals surface area contributed by atoms with Crippen molar-refractivity contribution in [3.63, 3.8) is 0 Å². The Balaban J connectivity index is 1.68. The molecule has 2 fully saturated rings. The first kappa shape index (κ1) is 14.9. The van der Waals surface area contributed by atoms with E-state index in [1.165, 1.54) is 36.8 Å². The summed E-state index contributed by atoms with van der Waals surface area (Å²) >= 11 is 0. The Morgan fingerprint density at radius 1 is 1.19 bits per heavy atom.